The first-order valence-corrected chi connectivity index (χ1v) is 8.81. The van der Waals surface area contributed by atoms with Gasteiger partial charge in [0.05, 0.1) is 5.75 Å². The van der Waals surface area contributed by atoms with E-state index in [-0.39, 0.29) is 11.2 Å². The van der Waals surface area contributed by atoms with Crippen LogP contribution in [0.1, 0.15) is 51.9 Å². The molecule has 1 aliphatic carbocycles. The van der Waals surface area contributed by atoms with Gasteiger partial charge in [-0.1, -0.05) is 19.8 Å². The Kier molecular flexibility index (Phi) is 6.60. The van der Waals surface area contributed by atoms with E-state index in [4.69, 9.17) is 0 Å². The van der Waals surface area contributed by atoms with Gasteiger partial charge in [-0.05, 0) is 51.1 Å². The molecule has 0 heterocycles. The molecule has 0 aromatic heterocycles. The van der Waals surface area contributed by atoms with Gasteiger partial charge in [0, 0.05) is 6.54 Å². The maximum absolute atomic E-state index is 11.9. The molecule has 4 nitrogen and oxygen atoms in total. The fourth-order valence-electron chi connectivity index (χ4n) is 2.71. The third kappa shape index (κ3) is 5.24. The highest BCUT2D eigenvalue weighted by Crippen LogP contribution is 2.40. The zero-order chi connectivity index (χ0) is 13.5. The van der Waals surface area contributed by atoms with Crippen molar-refractivity contribution < 1.29 is 8.42 Å². The zero-order valence-electron chi connectivity index (χ0n) is 11.8. The lowest BCUT2D eigenvalue weighted by molar-refractivity contribution is 0.285. The van der Waals surface area contributed by atoms with Crippen molar-refractivity contribution in [1.29, 1.82) is 0 Å². The number of hydrogen-bond donors (Lipinski definition) is 2. The van der Waals surface area contributed by atoms with Crippen molar-refractivity contribution in [1.82, 2.24) is 10.0 Å². The average Bonchev–Trinajstić information content (AvgIpc) is 2.82. The molecule has 5 heteroatoms. The van der Waals surface area contributed by atoms with Crippen molar-refractivity contribution in [3.05, 3.63) is 0 Å². The average molecular weight is 276 g/mol. The second-order valence-corrected chi connectivity index (χ2v) is 7.44. The lowest BCUT2D eigenvalue weighted by Gasteiger charge is -2.27. The van der Waals surface area contributed by atoms with Crippen molar-refractivity contribution in [2.75, 3.05) is 25.9 Å². The molecule has 0 unspecified atom stereocenters. The first kappa shape index (κ1) is 15.9. The van der Waals surface area contributed by atoms with E-state index >= 15 is 0 Å². The van der Waals surface area contributed by atoms with Gasteiger partial charge in [0.2, 0.25) is 10.0 Å². The predicted octanol–water partition coefficient (Wildman–Crippen LogP) is 1.88. The largest absolute Gasteiger partial charge is 0.320 e. The monoisotopic (exact) mass is 276 g/mol. The van der Waals surface area contributed by atoms with E-state index in [2.05, 4.69) is 17.0 Å². The van der Waals surface area contributed by atoms with Crippen LogP contribution in [0.25, 0.3) is 0 Å². The van der Waals surface area contributed by atoms with Gasteiger partial charge in [-0.3, -0.25) is 0 Å². The lowest BCUT2D eigenvalue weighted by Crippen LogP contribution is -2.36. The quantitative estimate of drug-likeness (QED) is 0.632. The summed E-state index contributed by atoms with van der Waals surface area (Å²) in [5.41, 5.74) is 0.234. The molecule has 1 saturated carbocycles. The molecule has 0 amide bonds. The number of unbranched alkanes of at least 4 members (excludes halogenated alkanes) is 1. The summed E-state index contributed by atoms with van der Waals surface area (Å²) >= 11 is 0. The molecule has 0 radical (unpaired) electrons. The zero-order valence-corrected chi connectivity index (χ0v) is 12.6. The van der Waals surface area contributed by atoms with E-state index in [1.807, 2.05) is 7.05 Å². The van der Waals surface area contributed by atoms with Gasteiger partial charge < -0.3 is 5.32 Å². The Bertz CT molecular complexity index is 322. The van der Waals surface area contributed by atoms with Crippen LogP contribution in [-0.2, 0) is 10.0 Å². The van der Waals surface area contributed by atoms with Crippen molar-refractivity contribution in [2.45, 2.75) is 51.9 Å². The van der Waals surface area contributed by atoms with Crippen molar-refractivity contribution >= 4 is 10.0 Å². The summed E-state index contributed by atoms with van der Waals surface area (Å²) in [6.45, 7) is 3.69. The van der Waals surface area contributed by atoms with Gasteiger partial charge in [-0.2, -0.15) is 0 Å². The SMILES string of the molecule is CCC1(CNS(=O)(=O)CCCCNC)CCCC1. The standard InChI is InChI=1S/C13H28N2O2S/c1-3-13(8-4-5-9-13)12-15-18(16,17)11-7-6-10-14-2/h14-15H,3-12H2,1-2H3. The molecule has 1 fully saturated rings. The van der Waals surface area contributed by atoms with E-state index in [0.717, 1.165) is 25.8 Å². The number of hydrogen-bond acceptors (Lipinski definition) is 3. The van der Waals surface area contributed by atoms with E-state index in [1.54, 1.807) is 0 Å². The van der Waals surface area contributed by atoms with Gasteiger partial charge >= 0.3 is 0 Å². The molecule has 0 aromatic rings. The highest BCUT2D eigenvalue weighted by Gasteiger charge is 2.32. The molecule has 0 aliphatic heterocycles. The van der Waals surface area contributed by atoms with Crippen LogP contribution in [0.4, 0.5) is 0 Å². The van der Waals surface area contributed by atoms with E-state index in [0.29, 0.717) is 6.54 Å². The minimum atomic E-state index is -3.08. The first-order chi connectivity index (χ1) is 8.54. The molecule has 0 bridgehead atoms. The van der Waals surface area contributed by atoms with Crippen LogP contribution in [0, 0.1) is 5.41 Å². The Morgan fingerprint density at radius 2 is 1.83 bits per heavy atom. The molecule has 0 aromatic carbocycles. The minimum Gasteiger partial charge on any atom is -0.320 e. The van der Waals surface area contributed by atoms with Crippen LogP contribution < -0.4 is 10.0 Å². The minimum absolute atomic E-state index is 0.234. The van der Waals surface area contributed by atoms with Crippen LogP contribution >= 0.6 is 0 Å². The highest BCUT2D eigenvalue weighted by molar-refractivity contribution is 7.89. The third-order valence-electron chi connectivity index (χ3n) is 4.17. The lowest BCUT2D eigenvalue weighted by atomic mass is 9.84. The second-order valence-electron chi connectivity index (χ2n) is 5.51. The van der Waals surface area contributed by atoms with Crippen LogP contribution in [0.15, 0.2) is 0 Å². The van der Waals surface area contributed by atoms with Crippen molar-refractivity contribution in [3.8, 4) is 0 Å². The molecule has 0 spiro atoms. The van der Waals surface area contributed by atoms with Crippen LogP contribution in [0.2, 0.25) is 0 Å². The molecular weight excluding hydrogens is 248 g/mol. The number of nitrogens with one attached hydrogen (secondary N) is 2. The fourth-order valence-corrected chi connectivity index (χ4v) is 3.96. The Balaban J connectivity index is 2.31. The van der Waals surface area contributed by atoms with E-state index in [9.17, 15) is 8.42 Å². The molecule has 2 N–H and O–H groups in total. The van der Waals surface area contributed by atoms with Gasteiger partial charge in [0.15, 0.2) is 0 Å². The van der Waals surface area contributed by atoms with E-state index in [1.165, 1.54) is 25.7 Å². The number of sulfonamides is 1. The highest BCUT2D eigenvalue weighted by atomic mass is 32.2. The summed E-state index contributed by atoms with van der Waals surface area (Å²) in [4.78, 5) is 0. The Morgan fingerprint density at radius 1 is 1.17 bits per heavy atom. The summed E-state index contributed by atoms with van der Waals surface area (Å²) in [5, 5.41) is 3.03. The fraction of sp³-hybridized carbons (Fsp3) is 1.00. The van der Waals surface area contributed by atoms with Gasteiger partial charge in [-0.15, -0.1) is 0 Å². The molecule has 1 aliphatic rings. The van der Waals surface area contributed by atoms with Crippen molar-refractivity contribution in [3.63, 3.8) is 0 Å². The number of rotatable bonds is 9. The van der Waals surface area contributed by atoms with Crippen molar-refractivity contribution in [2.24, 2.45) is 5.41 Å². The molecule has 18 heavy (non-hydrogen) atoms. The summed E-state index contributed by atoms with van der Waals surface area (Å²) in [5.74, 6) is 0.258. The van der Waals surface area contributed by atoms with Gasteiger partial charge in [-0.25, -0.2) is 13.1 Å². The van der Waals surface area contributed by atoms with Gasteiger partial charge in [0.25, 0.3) is 0 Å². The molecule has 1 rings (SSSR count). The Labute approximate surface area is 112 Å². The maximum Gasteiger partial charge on any atom is 0.211 e. The molecular formula is C13H28N2O2S. The van der Waals surface area contributed by atoms with Crippen LogP contribution in [0.5, 0.6) is 0 Å². The topological polar surface area (TPSA) is 58.2 Å². The Morgan fingerprint density at radius 3 is 2.39 bits per heavy atom. The first-order valence-electron chi connectivity index (χ1n) is 7.15. The molecule has 0 atom stereocenters. The van der Waals surface area contributed by atoms with E-state index < -0.39 is 10.0 Å². The normalized spacial score (nSPS) is 19.2. The maximum atomic E-state index is 11.9. The van der Waals surface area contributed by atoms with Crippen LogP contribution in [-0.4, -0.2) is 34.3 Å². The molecule has 0 saturated heterocycles. The summed E-state index contributed by atoms with van der Waals surface area (Å²) in [7, 11) is -1.19. The molecule has 108 valence electrons. The van der Waals surface area contributed by atoms with Gasteiger partial charge in [0.1, 0.15) is 0 Å². The summed E-state index contributed by atoms with van der Waals surface area (Å²) < 4.78 is 26.6. The Hall–Kier alpha value is -0.130. The predicted molar refractivity (Wildman–Crippen MR) is 76.1 cm³/mol. The second kappa shape index (κ2) is 7.46. The van der Waals surface area contributed by atoms with Crippen LogP contribution in [0.3, 0.4) is 0 Å². The smallest absolute Gasteiger partial charge is 0.211 e. The summed E-state index contributed by atoms with van der Waals surface area (Å²) in [6.07, 6.45) is 7.56. The summed E-state index contributed by atoms with van der Waals surface area (Å²) in [6, 6.07) is 0. The third-order valence-corrected chi connectivity index (χ3v) is 5.58.